The van der Waals surface area contributed by atoms with Gasteiger partial charge in [0.25, 0.3) is 0 Å². The van der Waals surface area contributed by atoms with Gasteiger partial charge in [0.1, 0.15) is 16.8 Å². The number of benzene rings is 2. The number of hydrogen-bond acceptors (Lipinski definition) is 4. The Bertz CT molecular complexity index is 1470. The van der Waals surface area contributed by atoms with Gasteiger partial charge in [0.2, 0.25) is 0 Å². The summed E-state index contributed by atoms with van der Waals surface area (Å²) in [7, 11) is 2.67. The molecule has 1 aliphatic rings. The summed E-state index contributed by atoms with van der Waals surface area (Å²) < 4.78 is 0. The molecule has 0 bridgehead atoms. The molecule has 4 nitrogen and oxygen atoms in total. The summed E-state index contributed by atoms with van der Waals surface area (Å²) in [6.45, 7) is 14.4. The van der Waals surface area contributed by atoms with E-state index in [1.165, 1.54) is 27.8 Å². The molecule has 2 aromatic carbocycles. The summed E-state index contributed by atoms with van der Waals surface area (Å²) in [6, 6.07) is 25.4. The number of rotatable bonds is 7. The number of allylic oxidation sites excluding steroid dienone is 4. The van der Waals surface area contributed by atoms with Crippen LogP contribution in [0.4, 0.5) is 0 Å². The van der Waals surface area contributed by atoms with E-state index in [-0.39, 0.29) is 16.2 Å². The van der Waals surface area contributed by atoms with Crippen molar-refractivity contribution in [3.8, 4) is 0 Å². The summed E-state index contributed by atoms with van der Waals surface area (Å²) in [5.74, 6) is 1.48. The summed E-state index contributed by atoms with van der Waals surface area (Å²) in [5, 5.41) is -0.488. The molecule has 0 amide bonds. The Morgan fingerprint density at radius 2 is 1.07 bits per heavy atom. The van der Waals surface area contributed by atoms with Crippen LogP contribution in [-0.2, 0) is 5.16 Å². The van der Waals surface area contributed by atoms with E-state index in [2.05, 4.69) is 118 Å². The highest BCUT2D eigenvalue weighted by molar-refractivity contribution is 7.60. The summed E-state index contributed by atoms with van der Waals surface area (Å²) in [6.07, 6.45) is 10.7. The van der Waals surface area contributed by atoms with E-state index in [9.17, 15) is 0 Å². The summed E-state index contributed by atoms with van der Waals surface area (Å²) >= 11 is 0. The molecule has 2 heterocycles. The van der Waals surface area contributed by atoms with Crippen molar-refractivity contribution in [3.63, 3.8) is 0 Å². The largest absolute Gasteiger partial charge is 0.240 e. The van der Waals surface area contributed by atoms with Crippen LogP contribution in [0.25, 0.3) is 11.1 Å². The predicted octanol–water partition coefficient (Wildman–Crippen LogP) is 8.63. The first kappa shape index (κ1) is 29.4. The van der Waals surface area contributed by atoms with Crippen molar-refractivity contribution < 1.29 is 0 Å². The fraction of sp³-hybridized carbons (Fsp3) is 0.314. The maximum Gasteiger partial charge on any atom is 0.149 e. The van der Waals surface area contributed by atoms with Crippen molar-refractivity contribution in [2.45, 2.75) is 57.0 Å². The molecule has 0 aliphatic heterocycles. The Labute approximate surface area is 248 Å². The van der Waals surface area contributed by atoms with Gasteiger partial charge in [0.15, 0.2) is 0 Å². The Morgan fingerprint density at radius 3 is 1.51 bits per heavy atom. The van der Waals surface area contributed by atoms with Crippen molar-refractivity contribution >= 4 is 28.3 Å². The van der Waals surface area contributed by atoms with E-state index in [0.29, 0.717) is 11.6 Å². The first-order valence-corrected chi connectivity index (χ1v) is 16.3. The molecule has 0 N–H and O–H groups in total. The highest BCUT2D eigenvalue weighted by atomic mass is 31.1. The van der Waals surface area contributed by atoms with Gasteiger partial charge in [-0.15, -0.1) is 9.24 Å². The van der Waals surface area contributed by atoms with Crippen molar-refractivity contribution in [1.82, 2.24) is 19.9 Å². The highest BCUT2D eigenvalue weighted by Crippen LogP contribution is 2.64. The van der Waals surface area contributed by atoms with Crippen molar-refractivity contribution in [2.75, 3.05) is 6.16 Å². The SMILES string of the molecule is CC(C)(C)P(CC1C(C(P)(c2ncccn2)c2ncccn2)=CC(c2ccccc2)=C1c1ccccc1)C(C)(C)C. The molecule has 0 radical (unpaired) electrons. The molecular formula is C35H40N4P2. The molecule has 2 unspecified atom stereocenters. The van der Waals surface area contributed by atoms with Crippen molar-refractivity contribution in [2.24, 2.45) is 5.92 Å². The minimum absolute atomic E-state index is 0.113. The van der Waals surface area contributed by atoms with Gasteiger partial charge in [0, 0.05) is 30.7 Å². The maximum atomic E-state index is 4.81. The molecule has 6 heteroatoms. The Kier molecular flexibility index (Phi) is 8.38. The smallest absolute Gasteiger partial charge is 0.149 e. The second kappa shape index (κ2) is 11.7. The number of nitrogens with zero attached hydrogens (tertiary/aromatic N) is 4. The third-order valence-electron chi connectivity index (χ3n) is 7.76. The van der Waals surface area contributed by atoms with Crippen LogP contribution in [-0.4, -0.2) is 36.4 Å². The monoisotopic (exact) mass is 578 g/mol. The van der Waals surface area contributed by atoms with Gasteiger partial charge < -0.3 is 0 Å². The average Bonchev–Trinajstić information content (AvgIpc) is 3.36. The van der Waals surface area contributed by atoms with Crippen LogP contribution in [0.2, 0.25) is 0 Å². The Balaban J connectivity index is 1.82. The van der Waals surface area contributed by atoms with E-state index in [0.717, 1.165) is 6.16 Å². The zero-order chi connectivity index (χ0) is 29.3. The van der Waals surface area contributed by atoms with Crippen LogP contribution in [0.3, 0.4) is 0 Å². The molecule has 2 aromatic heterocycles. The van der Waals surface area contributed by atoms with Gasteiger partial charge in [-0.25, -0.2) is 19.9 Å². The van der Waals surface area contributed by atoms with Gasteiger partial charge in [0.05, 0.1) is 0 Å². The van der Waals surface area contributed by atoms with E-state index in [1.807, 2.05) is 36.9 Å². The van der Waals surface area contributed by atoms with Crippen LogP contribution >= 0.6 is 17.2 Å². The zero-order valence-electron chi connectivity index (χ0n) is 24.9. The highest BCUT2D eigenvalue weighted by Gasteiger charge is 2.48. The quantitative estimate of drug-likeness (QED) is 0.206. The molecule has 0 saturated heterocycles. The third kappa shape index (κ3) is 5.97. The van der Waals surface area contributed by atoms with Crippen LogP contribution in [0, 0.1) is 5.92 Å². The molecule has 1 aliphatic carbocycles. The minimum Gasteiger partial charge on any atom is -0.240 e. The predicted molar refractivity (Wildman–Crippen MR) is 177 cm³/mol. The fourth-order valence-electron chi connectivity index (χ4n) is 6.19. The first-order chi connectivity index (χ1) is 19.5. The standard InChI is InChI=1S/C35H40N4P2/c1-33(2,3)41(34(4,5)6)24-28-29(35(40,31-36-19-13-20-37-31)32-38-21-14-22-39-32)23-27(25-15-9-7-10-16-25)30(28)26-17-11-8-12-18-26/h7-23,28H,24,40H2,1-6H3. The van der Waals surface area contributed by atoms with E-state index in [4.69, 9.17) is 19.9 Å². The van der Waals surface area contributed by atoms with Gasteiger partial charge in [-0.2, -0.15) is 0 Å². The molecule has 0 spiro atoms. The lowest BCUT2D eigenvalue weighted by molar-refractivity contribution is 0.648. The number of aromatic nitrogens is 4. The molecule has 4 aromatic rings. The van der Waals surface area contributed by atoms with Crippen LogP contribution in [0.15, 0.2) is 109 Å². The number of hydrogen-bond donors (Lipinski definition) is 0. The van der Waals surface area contributed by atoms with E-state index < -0.39 is 13.1 Å². The van der Waals surface area contributed by atoms with Gasteiger partial charge in [-0.1, -0.05) is 116 Å². The molecule has 210 valence electrons. The van der Waals surface area contributed by atoms with E-state index in [1.54, 1.807) is 0 Å². The molecular weight excluding hydrogens is 538 g/mol. The van der Waals surface area contributed by atoms with Crippen molar-refractivity contribution in [1.29, 1.82) is 0 Å². The van der Waals surface area contributed by atoms with Crippen LogP contribution in [0.1, 0.15) is 64.3 Å². The van der Waals surface area contributed by atoms with E-state index >= 15 is 0 Å². The summed E-state index contributed by atoms with van der Waals surface area (Å²) in [5.41, 5.74) is 6.27. The lowest BCUT2D eigenvalue weighted by atomic mass is 9.83. The van der Waals surface area contributed by atoms with Crippen molar-refractivity contribution in [3.05, 3.63) is 132 Å². The third-order valence-corrected chi connectivity index (χ3v) is 12.6. The second-order valence-electron chi connectivity index (χ2n) is 12.6. The second-order valence-corrected chi connectivity index (χ2v) is 17.4. The zero-order valence-corrected chi connectivity index (χ0v) is 27.0. The normalized spacial score (nSPS) is 16.3. The topological polar surface area (TPSA) is 51.6 Å². The Hall–Kier alpha value is -3.06. The first-order valence-electron chi connectivity index (χ1n) is 14.2. The summed E-state index contributed by atoms with van der Waals surface area (Å²) in [4.78, 5) is 19.2. The Morgan fingerprint density at radius 1 is 0.634 bits per heavy atom. The lowest BCUT2D eigenvalue weighted by Crippen LogP contribution is -2.34. The minimum atomic E-state index is -0.805. The fourth-order valence-corrected chi connectivity index (χ4v) is 10.6. The lowest BCUT2D eigenvalue weighted by Gasteiger charge is -2.45. The average molecular weight is 579 g/mol. The van der Waals surface area contributed by atoms with Gasteiger partial charge in [-0.05, 0) is 56.5 Å². The van der Waals surface area contributed by atoms with Gasteiger partial charge >= 0.3 is 0 Å². The van der Waals surface area contributed by atoms with Gasteiger partial charge in [-0.3, -0.25) is 0 Å². The molecule has 41 heavy (non-hydrogen) atoms. The van der Waals surface area contributed by atoms with Crippen LogP contribution in [0.5, 0.6) is 0 Å². The van der Waals surface area contributed by atoms with Crippen LogP contribution < -0.4 is 0 Å². The molecule has 2 atom stereocenters. The molecule has 0 fully saturated rings. The molecule has 5 rings (SSSR count). The molecule has 0 saturated carbocycles. The maximum absolute atomic E-state index is 4.81.